The lowest BCUT2D eigenvalue weighted by molar-refractivity contribution is -0.125. The molecule has 0 aliphatic heterocycles. The van der Waals surface area contributed by atoms with Crippen LogP contribution in [0.1, 0.15) is 27.2 Å². The molecule has 5 atom stereocenters. The lowest BCUT2D eigenvalue weighted by Crippen LogP contribution is -2.49. The molecule has 0 aromatic carbocycles. The average Bonchev–Trinajstić information content (AvgIpc) is 2.64. The van der Waals surface area contributed by atoms with Crippen LogP contribution in [0.5, 0.6) is 0 Å². The van der Waals surface area contributed by atoms with Crippen LogP contribution in [-0.4, -0.2) is 11.0 Å². The molecule has 6 heteroatoms. The second kappa shape index (κ2) is 3.35. The Morgan fingerprint density at radius 2 is 2.06 bits per heavy atom. The summed E-state index contributed by atoms with van der Waals surface area (Å²) >= 11 is 0. The zero-order valence-corrected chi connectivity index (χ0v) is 10.5. The van der Waals surface area contributed by atoms with E-state index in [4.69, 9.17) is 5.90 Å². The molecular weight excluding hydrogens is 230 g/mol. The van der Waals surface area contributed by atoms with Gasteiger partial charge in [0.05, 0.1) is 4.55 Å². The van der Waals surface area contributed by atoms with Crippen molar-refractivity contribution in [3.8, 4) is 0 Å². The molecule has 2 rings (SSSR count). The van der Waals surface area contributed by atoms with Gasteiger partial charge in [-0.2, -0.15) is 5.90 Å². The molecule has 91 valence electrons. The molecule has 2 aliphatic carbocycles. The van der Waals surface area contributed by atoms with Crippen molar-refractivity contribution < 1.29 is 17.8 Å². The first-order chi connectivity index (χ1) is 7.23. The van der Waals surface area contributed by atoms with Gasteiger partial charge in [0.15, 0.2) is 5.78 Å². The Hall–Kier alpha value is -0.300. The molecule has 0 spiro atoms. The van der Waals surface area contributed by atoms with Crippen LogP contribution in [0, 0.1) is 23.2 Å². The Kier molecular flexibility index (Phi) is 2.55. The Bertz CT molecular complexity index is 381. The van der Waals surface area contributed by atoms with Crippen molar-refractivity contribution in [2.24, 2.45) is 29.1 Å². The summed E-state index contributed by atoms with van der Waals surface area (Å²) in [6.45, 7) is 6.02. The van der Waals surface area contributed by atoms with E-state index >= 15 is 0 Å². The smallest absolute Gasteiger partial charge is 0.293 e. The van der Waals surface area contributed by atoms with E-state index in [1.807, 2.05) is 20.8 Å². The number of carbonyl (C=O) groups is 1. The first kappa shape index (κ1) is 12.2. The SMILES string of the molecule is CC1[C@H]2C[C@H]([C@H]([S+]([O])(=O)ON)C2=O)C1(C)C. The molecule has 16 heavy (non-hydrogen) atoms. The van der Waals surface area contributed by atoms with Gasteiger partial charge in [-0.1, -0.05) is 20.8 Å². The van der Waals surface area contributed by atoms with Crippen molar-refractivity contribution in [2.45, 2.75) is 32.4 Å². The predicted molar refractivity (Wildman–Crippen MR) is 57.3 cm³/mol. The van der Waals surface area contributed by atoms with Crippen LogP contribution < -0.4 is 5.90 Å². The summed E-state index contributed by atoms with van der Waals surface area (Å²) in [5, 5.41) is -1.06. The fraction of sp³-hybridized carbons (Fsp3) is 0.900. The Morgan fingerprint density at radius 3 is 2.50 bits per heavy atom. The Morgan fingerprint density at radius 1 is 1.50 bits per heavy atom. The van der Waals surface area contributed by atoms with Crippen LogP contribution in [0.3, 0.4) is 0 Å². The average molecular weight is 247 g/mol. The molecule has 2 N–H and O–H groups in total. The molecule has 2 bridgehead atoms. The molecule has 0 aromatic heterocycles. The summed E-state index contributed by atoms with van der Waals surface area (Å²) < 4.78 is 27.3. The quantitative estimate of drug-likeness (QED) is 0.579. The van der Waals surface area contributed by atoms with E-state index < -0.39 is 15.7 Å². The van der Waals surface area contributed by atoms with Gasteiger partial charge in [0.25, 0.3) is 5.25 Å². The van der Waals surface area contributed by atoms with Crippen molar-refractivity contribution in [2.75, 3.05) is 0 Å². The monoisotopic (exact) mass is 247 g/mol. The summed E-state index contributed by atoms with van der Waals surface area (Å²) in [5.74, 6) is 4.43. The number of hydrogen-bond donors (Lipinski definition) is 1. The molecule has 1 radical (unpaired) electrons. The first-order valence-corrected chi connectivity index (χ1v) is 6.86. The van der Waals surface area contributed by atoms with Crippen molar-refractivity contribution in [3.05, 3.63) is 0 Å². The summed E-state index contributed by atoms with van der Waals surface area (Å²) in [4.78, 5) is 12.0. The van der Waals surface area contributed by atoms with Crippen LogP contribution in [0.15, 0.2) is 0 Å². The zero-order chi connectivity index (χ0) is 12.3. The van der Waals surface area contributed by atoms with Crippen molar-refractivity contribution in [1.82, 2.24) is 0 Å². The van der Waals surface area contributed by atoms with E-state index in [0.29, 0.717) is 6.42 Å². The highest BCUT2D eigenvalue weighted by Crippen LogP contribution is 2.59. The second-order valence-electron chi connectivity index (χ2n) is 5.47. The Balaban J connectivity index is 2.40. The largest absolute Gasteiger partial charge is 0.423 e. The summed E-state index contributed by atoms with van der Waals surface area (Å²) in [5.41, 5.74) is -0.158. The van der Waals surface area contributed by atoms with Gasteiger partial charge in [0.1, 0.15) is 0 Å². The maximum absolute atomic E-state index is 12.0. The van der Waals surface area contributed by atoms with Crippen LogP contribution in [-0.2, 0) is 28.3 Å². The van der Waals surface area contributed by atoms with E-state index in [-0.39, 0.29) is 29.0 Å². The lowest BCUT2D eigenvalue weighted by Gasteiger charge is -2.36. The van der Waals surface area contributed by atoms with Gasteiger partial charge in [0.2, 0.25) is 0 Å². The van der Waals surface area contributed by atoms with E-state index in [2.05, 4.69) is 4.28 Å². The molecule has 0 saturated heterocycles. The summed E-state index contributed by atoms with van der Waals surface area (Å²) in [7, 11) is -3.94. The van der Waals surface area contributed by atoms with E-state index in [1.165, 1.54) is 0 Å². The highest BCUT2D eigenvalue weighted by molar-refractivity contribution is 7.94. The van der Waals surface area contributed by atoms with Crippen LogP contribution >= 0.6 is 0 Å². The van der Waals surface area contributed by atoms with Crippen LogP contribution in [0.25, 0.3) is 0 Å². The summed E-state index contributed by atoms with van der Waals surface area (Å²) in [6.07, 6.45) is 0.639. The minimum atomic E-state index is -3.94. The maximum Gasteiger partial charge on any atom is 0.423 e. The molecule has 0 heterocycles. The first-order valence-electron chi connectivity index (χ1n) is 5.39. The standard InChI is InChI=1S/C10H17NO4S/c1-5-6-4-7(10(5,2)3)9(8(6)12)16(13,14)15-11/h5-7,9H,4,11H2,1-3H3/q+1/t5?,6-,7-,9+/m1/s1. The van der Waals surface area contributed by atoms with Crippen LogP contribution in [0.4, 0.5) is 0 Å². The molecule has 5 nitrogen and oxygen atoms in total. The predicted octanol–water partition coefficient (Wildman–Crippen LogP) is 0.886. The van der Waals surface area contributed by atoms with E-state index in [9.17, 15) is 13.6 Å². The molecule has 2 fully saturated rings. The highest BCUT2D eigenvalue weighted by atomic mass is 32.3. The maximum atomic E-state index is 12.0. The third kappa shape index (κ3) is 1.33. The van der Waals surface area contributed by atoms with Gasteiger partial charge >= 0.3 is 10.5 Å². The van der Waals surface area contributed by atoms with Gasteiger partial charge in [0, 0.05) is 11.8 Å². The number of fused-ring (bicyclic) bond motifs is 2. The van der Waals surface area contributed by atoms with Crippen molar-refractivity contribution in [1.29, 1.82) is 0 Å². The number of nitrogens with two attached hydrogens (primary N) is 1. The molecule has 2 unspecified atom stereocenters. The van der Waals surface area contributed by atoms with Gasteiger partial charge in [-0.3, -0.25) is 4.79 Å². The molecular formula is C10H17NO4S+. The third-order valence-corrected chi connectivity index (χ3v) is 6.15. The fourth-order valence-electron chi connectivity index (χ4n) is 3.33. The normalized spacial score (nSPS) is 44.7. The lowest BCUT2D eigenvalue weighted by atomic mass is 9.69. The second-order valence-corrected chi connectivity index (χ2v) is 7.16. The van der Waals surface area contributed by atoms with E-state index in [0.717, 1.165) is 0 Å². The third-order valence-electron chi connectivity index (χ3n) is 4.70. The topological polar surface area (TPSA) is 89.3 Å². The van der Waals surface area contributed by atoms with Gasteiger partial charge in [-0.25, -0.2) is 0 Å². The highest BCUT2D eigenvalue weighted by Gasteiger charge is 2.70. The minimum absolute atomic E-state index is 0.157. The van der Waals surface area contributed by atoms with Crippen molar-refractivity contribution >= 4 is 16.3 Å². The van der Waals surface area contributed by atoms with Gasteiger partial charge in [-0.15, -0.1) is 0 Å². The number of ketones is 1. The van der Waals surface area contributed by atoms with Crippen molar-refractivity contribution in [3.63, 3.8) is 0 Å². The number of Topliss-reactive ketones (excluding diaryl/α,β-unsaturated/α-hetero) is 1. The molecule has 0 amide bonds. The number of carbonyl (C=O) groups excluding carboxylic acids is 1. The summed E-state index contributed by atoms with van der Waals surface area (Å²) in [6, 6.07) is 0. The van der Waals surface area contributed by atoms with Gasteiger partial charge < -0.3 is 0 Å². The zero-order valence-electron chi connectivity index (χ0n) is 9.64. The van der Waals surface area contributed by atoms with Crippen LogP contribution in [0.2, 0.25) is 0 Å². The number of hydrogen-bond acceptors (Lipinski definition) is 4. The molecule has 2 saturated carbocycles. The van der Waals surface area contributed by atoms with E-state index in [1.54, 1.807) is 0 Å². The minimum Gasteiger partial charge on any atom is -0.293 e. The fourth-order valence-corrected chi connectivity index (χ4v) is 4.77. The molecule has 2 aliphatic rings. The van der Waals surface area contributed by atoms with Gasteiger partial charge in [-0.05, 0) is 26.2 Å². The molecule has 0 aromatic rings. The Labute approximate surface area is 96.1 Å². The number of rotatable bonds is 2.